The Balaban J connectivity index is 2.59. The fourth-order valence-corrected chi connectivity index (χ4v) is 2.08. The van der Waals surface area contributed by atoms with Crippen LogP contribution in [0.2, 0.25) is 0 Å². The number of ether oxygens (including phenoxy) is 2. The number of benzene rings is 2. The molecule has 0 heterocycles. The summed E-state index contributed by atoms with van der Waals surface area (Å²) in [6.45, 7) is 1.99. The van der Waals surface area contributed by atoms with Gasteiger partial charge < -0.3 is 14.6 Å². The summed E-state index contributed by atoms with van der Waals surface area (Å²) in [6.07, 6.45) is 0. The minimum atomic E-state index is -1.01. The molecule has 0 saturated heterocycles. The average Bonchev–Trinajstić information content (AvgIpc) is 2.46. The molecule has 104 valence electrons. The molecule has 2 rings (SSSR count). The zero-order valence-corrected chi connectivity index (χ0v) is 11.6. The van der Waals surface area contributed by atoms with Crippen LogP contribution < -0.4 is 9.47 Å². The van der Waals surface area contributed by atoms with Crippen LogP contribution in [0.4, 0.5) is 0 Å². The van der Waals surface area contributed by atoms with Gasteiger partial charge in [0, 0.05) is 5.56 Å². The van der Waals surface area contributed by atoms with E-state index in [0.717, 1.165) is 22.4 Å². The molecule has 4 nitrogen and oxygen atoms in total. The van der Waals surface area contributed by atoms with Crippen molar-refractivity contribution in [1.82, 2.24) is 0 Å². The summed E-state index contributed by atoms with van der Waals surface area (Å²) in [7, 11) is 3.07. The Morgan fingerprint density at radius 3 is 2.30 bits per heavy atom. The van der Waals surface area contributed by atoms with Crippen LogP contribution in [-0.2, 0) is 0 Å². The minimum Gasteiger partial charge on any atom is -0.496 e. The third kappa shape index (κ3) is 2.59. The Labute approximate surface area is 117 Å². The van der Waals surface area contributed by atoms with Gasteiger partial charge >= 0.3 is 5.97 Å². The first-order valence-corrected chi connectivity index (χ1v) is 6.13. The number of methoxy groups -OCH3 is 2. The highest BCUT2D eigenvalue weighted by atomic mass is 16.5. The van der Waals surface area contributed by atoms with E-state index < -0.39 is 5.97 Å². The predicted molar refractivity (Wildman–Crippen MR) is 76.7 cm³/mol. The molecule has 0 amide bonds. The number of aryl methyl sites for hydroxylation is 1. The Hall–Kier alpha value is -2.49. The highest BCUT2D eigenvalue weighted by Gasteiger charge is 2.14. The topological polar surface area (TPSA) is 55.8 Å². The molecule has 4 heteroatoms. The van der Waals surface area contributed by atoms with Crippen molar-refractivity contribution in [3.8, 4) is 22.6 Å². The smallest absolute Gasteiger partial charge is 0.339 e. The molecule has 0 atom stereocenters. The summed E-state index contributed by atoms with van der Waals surface area (Å²) >= 11 is 0. The van der Waals surface area contributed by atoms with Crippen LogP contribution in [0.3, 0.4) is 0 Å². The van der Waals surface area contributed by atoms with E-state index in [2.05, 4.69) is 0 Å². The van der Waals surface area contributed by atoms with E-state index in [1.807, 2.05) is 25.1 Å². The zero-order valence-electron chi connectivity index (χ0n) is 11.6. The van der Waals surface area contributed by atoms with Crippen LogP contribution in [0, 0.1) is 6.92 Å². The van der Waals surface area contributed by atoms with E-state index in [1.165, 1.54) is 13.2 Å². The first kappa shape index (κ1) is 13.9. The normalized spacial score (nSPS) is 10.2. The maximum absolute atomic E-state index is 11.1. The summed E-state index contributed by atoms with van der Waals surface area (Å²) in [5, 5.41) is 9.10. The standard InChI is InChI=1S/C16H16O4/c1-10-4-7-14(19-2)13(8-10)11-5-6-12(16(17)18)15(9-11)20-3/h4-9H,1-3H3,(H,17,18). The monoisotopic (exact) mass is 272 g/mol. The van der Waals surface area contributed by atoms with Crippen molar-refractivity contribution in [3.05, 3.63) is 47.5 Å². The Bertz CT molecular complexity index is 647. The second-order valence-corrected chi connectivity index (χ2v) is 4.42. The quantitative estimate of drug-likeness (QED) is 0.927. The van der Waals surface area contributed by atoms with Crippen LogP contribution >= 0.6 is 0 Å². The fraction of sp³-hybridized carbons (Fsp3) is 0.188. The highest BCUT2D eigenvalue weighted by molar-refractivity contribution is 5.92. The molecule has 0 spiro atoms. The zero-order chi connectivity index (χ0) is 14.7. The van der Waals surface area contributed by atoms with Gasteiger partial charge in [-0.2, -0.15) is 0 Å². The fourth-order valence-electron chi connectivity index (χ4n) is 2.08. The number of hydrogen-bond donors (Lipinski definition) is 1. The Morgan fingerprint density at radius 2 is 1.70 bits per heavy atom. The SMILES string of the molecule is COc1cc(-c2cc(C)ccc2OC)ccc1C(=O)O. The van der Waals surface area contributed by atoms with Crippen molar-refractivity contribution < 1.29 is 19.4 Å². The molecular formula is C16H16O4. The molecule has 2 aromatic rings. The van der Waals surface area contributed by atoms with E-state index in [0.29, 0.717) is 5.75 Å². The van der Waals surface area contributed by atoms with Gasteiger partial charge in [-0.25, -0.2) is 4.79 Å². The molecule has 20 heavy (non-hydrogen) atoms. The van der Waals surface area contributed by atoms with Crippen LogP contribution in [0.1, 0.15) is 15.9 Å². The van der Waals surface area contributed by atoms with Crippen molar-refractivity contribution in [3.63, 3.8) is 0 Å². The first-order valence-electron chi connectivity index (χ1n) is 6.13. The number of carboxylic acid groups (broad SMARTS) is 1. The number of hydrogen-bond acceptors (Lipinski definition) is 3. The van der Waals surface area contributed by atoms with Crippen LogP contribution in [0.25, 0.3) is 11.1 Å². The van der Waals surface area contributed by atoms with E-state index >= 15 is 0 Å². The number of carbonyl (C=O) groups is 1. The molecular weight excluding hydrogens is 256 g/mol. The van der Waals surface area contributed by atoms with E-state index in [-0.39, 0.29) is 5.56 Å². The largest absolute Gasteiger partial charge is 0.496 e. The first-order chi connectivity index (χ1) is 9.56. The lowest BCUT2D eigenvalue weighted by Gasteiger charge is -2.12. The van der Waals surface area contributed by atoms with Gasteiger partial charge in [-0.1, -0.05) is 17.7 Å². The molecule has 0 aliphatic rings. The maximum atomic E-state index is 11.1. The molecule has 1 N–H and O–H groups in total. The van der Waals surface area contributed by atoms with Crippen molar-refractivity contribution in [2.45, 2.75) is 6.92 Å². The van der Waals surface area contributed by atoms with E-state index in [4.69, 9.17) is 14.6 Å². The highest BCUT2D eigenvalue weighted by Crippen LogP contribution is 2.34. The molecule has 2 aromatic carbocycles. The minimum absolute atomic E-state index is 0.142. The van der Waals surface area contributed by atoms with Crippen molar-refractivity contribution in [2.24, 2.45) is 0 Å². The van der Waals surface area contributed by atoms with Gasteiger partial charge in [0.25, 0.3) is 0 Å². The lowest BCUT2D eigenvalue weighted by molar-refractivity contribution is 0.0693. The Kier molecular flexibility index (Phi) is 3.94. The second-order valence-electron chi connectivity index (χ2n) is 4.42. The molecule has 0 aliphatic carbocycles. The van der Waals surface area contributed by atoms with Gasteiger partial charge in [0.2, 0.25) is 0 Å². The van der Waals surface area contributed by atoms with Gasteiger partial charge in [0.1, 0.15) is 17.1 Å². The third-order valence-electron chi connectivity index (χ3n) is 3.10. The molecule has 0 saturated carbocycles. The summed E-state index contributed by atoms with van der Waals surface area (Å²) in [4.78, 5) is 11.1. The van der Waals surface area contributed by atoms with E-state index in [1.54, 1.807) is 19.2 Å². The van der Waals surface area contributed by atoms with Crippen molar-refractivity contribution in [2.75, 3.05) is 14.2 Å². The van der Waals surface area contributed by atoms with Crippen molar-refractivity contribution in [1.29, 1.82) is 0 Å². The molecule has 0 fully saturated rings. The molecule has 0 radical (unpaired) electrons. The average molecular weight is 272 g/mol. The summed E-state index contributed by atoms with van der Waals surface area (Å²) in [5.41, 5.74) is 3.00. The molecule has 0 aliphatic heterocycles. The predicted octanol–water partition coefficient (Wildman–Crippen LogP) is 3.38. The molecule has 0 unspecified atom stereocenters. The van der Waals surface area contributed by atoms with E-state index in [9.17, 15) is 4.79 Å². The third-order valence-corrected chi connectivity index (χ3v) is 3.10. The van der Waals surface area contributed by atoms with Gasteiger partial charge in [0.05, 0.1) is 14.2 Å². The molecule has 0 bridgehead atoms. The van der Waals surface area contributed by atoms with Crippen LogP contribution in [0.5, 0.6) is 11.5 Å². The van der Waals surface area contributed by atoms with Crippen LogP contribution in [-0.4, -0.2) is 25.3 Å². The van der Waals surface area contributed by atoms with Gasteiger partial charge in [-0.05, 0) is 36.8 Å². The lowest BCUT2D eigenvalue weighted by atomic mass is 10.0. The summed E-state index contributed by atoms with van der Waals surface area (Å²) in [6, 6.07) is 10.9. The van der Waals surface area contributed by atoms with Crippen molar-refractivity contribution >= 4 is 5.97 Å². The molecule has 0 aromatic heterocycles. The second kappa shape index (κ2) is 5.65. The number of aromatic carboxylic acids is 1. The summed E-state index contributed by atoms with van der Waals surface area (Å²) in [5.74, 6) is 0.0592. The van der Waals surface area contributed by atoms with Gasteiger partial charge in [-0.3, -0.25) is 0 Å². The van der Waals surface area contributed by atoms with Crippen LogP contribution in [0.15, 0.2) is 36.4 Å². The van der Waals surface area contributed by atoms with Gasteiger partial charge in [-0.15, -0.1) is 0 Å². The number of rotatable bonds is 4. The number of carboxylic acids is 1. The lowest BCUT2D eigenvalue weighted by Crippen LogP contribution is -2.00. The maximum Gasteiger partial charge on any atom is 0.339 e. The Morgan fingerprint density at radius 1 is 1.00 bits per heavy atom. The van der Waals surface area contributed by atoms with Gasteiger partial charge in [0.15, 0.2) is 0 Å². The summed E-state index contributed by atoms with van der Waals surface area (Å²) < 4.78 is 10.5.